The normalized spacial score (nSPS) is 25.0. The number of aryl methyl sites for hydroxylation is 1. The quantitative estimate of drug-likeness (QED) is 0.765. The molecule has 0 radical (unpaired) electrons. The zero-order valence-electron chi connectivity index (χ0n) is 15.9. The molecule has 0 spiro atoms. The van der Waals surface area contributed by atoms with E-state index in [1.54, 1.807) is 23.7 Å². The minimum absolute atomic E-state index is 0.0286. The summed E-state index contributed by atoms with van der Waals surface area (Å²) in [6.45, 7) is 0.598. The second kappa shape index (κ2) is 7.58. The predicted molar refractivity (Wildman–Crippen MR) is 111 cm³/mol. The molecule has 0 bridgehead atoms. The van der Waals surface area contributed by atoms with Crippen molar-refractivity contribution in [3.05, 3.63) is 46.3 Å². The molecule has 1 saturated heterocycles. The average molecular weight is 457 g/mol. The van der Waals surface area contributed by atoms with E-state index in [1.165, 1.54) is 22.9 Å². The molecule has 2 atom stereocenters. The highest BCUT2D eigenvalue weighted by Gasteiger charge is 2.52. The average Bonchev–Trinajstić information content (AvgIpc) is 3.26. The maximum absolute atomic E-state index is 13.1. The Balaban J connectivity index is 1.61. The standard InChI is InChI=1S/C19H22Cl2N4O3S/c1-24-10-17(22-12-24)29(27,28)25-9-13-4-2-3-7-19(13,11-25)23-18(26)15-6-5-14(20)8-16(15)21/h5-6,8,10,12-13H,2-4,7,9,11H2,1H3,(H,23,26). The number of hydrogen-bond donors (Lipinski definition) is 1. The van der Waals surface area contributed by atoms with Crippen molar-refractivity contribution in [3.8, 4) is 0 Å². The van der Waals surface area contributed by atoms with Crippen LogP contribution in [0, 0.1) is 5.92 Å². The van der Waals surface area contributed by atoms with Crippen LogP contribution in [0.4, 0.5) is 0 Å². The number of amides is 1. The number of hydrogen-bond acceptors (Lipinski definition) is 4. The summed E-state index contributed by atoms with van der Waals surface area (Å²) in [5.41, 5.74) is -0.277. The fourth-order valence-electron chi connectivity index (χ4n) is 4.42. The number of nitrogens with one attached hydrogen (secondary N) is 1. The summed E-state index contributed by atoms with van der Waals surface area (Å²) in [5.74, 6) is -0.264. The van der Waals surface area contributed by atoms with E-state index in [2.05, 4.69) is 10.3 Å². The number of nitrogens with zero attached hydrogens (tertiary/aromatic N) is 3. The van der Waals surface area contributed by atoms with Crippen LogP contribution in [-0.2, 0) is 17.1 Å². The second-order valence-electron chi connectivity index (χ2n) is 7.85. The first kappa shape index (κ1) is 20.7. The second-order valence-corrected chi connectivity index (χ2v) is 10.6. The molecular weight excluding hydrogens is 435 g/mol. The zero-order valence-corrected chi connectivity index (χ0v) is 18.3. The van der Waals surface area contributed by atoms with E-state index in [9.17, 15) is 13.2 Å². The van der Waals surface area contributed by atoms with Crippen LogP contribution >= 0.6 is 23.2 Å². The van der Waals surface area contributed by atoms with E-state index in [0.29, 0.717) is 17.1 Å². The van der Waals surface area contributed by atoms with Crippen molar-refractivity contribution in [2.45, 2.75) is 36.2 Å². The number of aromatic nitrogens is 2. The van der Waals surface area contributed by atoms with E-state index < -0.39 is 15.6 Å². The van der Waals surface area contributed by atoms with Crippen molar-refractivity contribution >= 4 is 39.1 Å². The molecule has 1 aliphatic carbocycles. The van der Waals surface area contributed by atoms with Gasteiger partial charge in [0.25, 0.3) is 15.9 Å². The van der Waals surface area contributed by atoms with Gasteiger partial charge in [0.1, 0.15) is 0 Å². The van der Waals surface area contributed by atoms with Crippen LogP contribution in [0.15, 0.2) is 35.7 Å². The van der Waals surface area contributed by atoms with Crippen LogP contribution in [0.25, 0.3) is 0 Å². The highest BCUT2D eigenvalue weighted by atomic mass is 35.5. The number of carbonyl (C=O) groups is 1. The van der Waals surface area contributed by atoms with Crippen LogP contribution in [0.2, 0.25) is 10.0 Å². The number of rotatable bonds is 4. The third-order valence-electron chi connectivity index (χ3n) is 5.91. The van der Waals surface area contributed by atoms with Crippen LogP contribution < -0.4 is 5.32 Å². The Morgan fingerprint density at radius 1 is 1.31 bits per heavy atom. The maximum atomic E-state index is 13.1. The number of carbonyl (C=O) groups excluding carboxylic acids is 1. The molecule has 1 aromatic heterocycles. The van der Waals surface area contributed by atoms with Gasteiger partial charge >= 0.3 is 0 Å². The van der Waals surface area contributed by atoms with Gasteiger partial charge in [0, 0.05) is 31.4 Å². The molecule has 2 unspecified atom stereocenters. The molecule has 7 nitrogen and oxygen atoms in total. The highest BCUT2D eigenvalue weighted by molar-refractivity contribution is 7.89. The van der Waals surface area contributed by atoms with Gasteiger partial charge in [-0.2, -0.15) is 4.31 Å². The predicted octanol–water partition coefficient (Wildman–Crippen LogP) is 3.09. The Kier molecular flexibility index (Phi) is 5.40. The first-order valence-electron chi connectivity index (χ1n) is 9.47. The topological polar surface area (TPSA) is 84.3 Å². The Bertz CT molecular complexity index is 1060. The third kappa shape index (κ3) is 3.79. The molecule has 1 aromatic carbocycles. The van der Waals surface area contributed by atoms with Gasteiger partial charge in [-0.15, -0.1) is 0 Å². The first-order chi connectivity index (χ1) is 13.7. The van der Waals surface area contributed by atoms with Gasteiger partial charge in [0.2, 0.25) is 0 Å². The van der Waals surface area contributed by atoms with Gasteiger partial charge in [-0.1, -0.05) is 36.0 Å². The Morgan fingerprint density at radius 3 is 2.79 bits per heavy atom. The lowest BCUT2D eigenvalue weighted by molar-refractivity contribution is 0.0844. The molecular formula is C19H22Cl2N4O3S. The van der Waals surface area contributed by atoms with Gasteiger partial charge in [-0.3, -0.25) is 4.79 Å². The molecule has 1 aliphatic heterocycles. The molecule has 10 heteroatoms. The van der Waals surface area contributed by atoms with Gasteiger partial charge in [-0.05, 0) is 37.0 Å². The van der Waals surface area contributed by atoms with Crippen molar-refractivity contribution in [1.29, 1.82) is 0 Å². The molecule has 1 saturated carbocycles. The third-order valence-corrected chi connectivity index (χ3v) is 8.16. The molecule has 2 aromatic rings. The smallest absolute Gasteiger partial charge is 0.262 e. The number of fused-ring (bicyclic) bond motifs is 1. The summed E-state index contributed by atoms with van der Waals surface area (Å²) in [4.78, 5) is 17.0. The van der Waals surface area contributed by atoms with Crippen molar-refractivity contribution in [1.82, 2.24) is 19.2 Å². The van der Waals surface area contributed by atoms with E-state index >= 15 is 0 Å². The summed E-state index contributed by atoms with van der Waals surface area (Å²) in [6.07, 6.45) is 6.50. The minimum Gasteiger partial charge on any atom is -0.345 e. The monoisotopic (exact) mass is 456 g/mol. The summed E-state index contributed by atoms with van der Waals surface area (Å²) in [5, 5.41) is 3.89. The Labute approximate surface area is 180 Å². The summed E-state index contributed by atoms with van der Waals surface area (Å²) < 4.78 is 29.2. The molecule has 156 valence electrons. The number of sulfonamides is 1. The Morgan fingerprint density at radius 2 is 2.10 bits per heavy atom. The van der Waals surface area contributed by atoms with Gasteiger partial charge in [0.15, 0.2) is 5.03 Å². The fourth-order valence-corrected chi connectivity index (χ4v) is 6.43. The van der Waals surface area contributed by atoms with Crippen molar-refractivity contribution in [3.63, 3.8) is 0 Å². The lowest BCUT2D eigenvalue weighted by atomic mass is 9.75. The number of benzene rings is 1. The first-order valence-corrected chi connectivity index (χ1v) is 11.7. The van der Waals surface area contributed by atoms with Gasteiger partial charge in [-0.25, -0.2) is 13.4 Å². The summed E-state index contributed by atoms with van der Waals surface area (Å²) in [7, 11) is -1.99. The van der Waals surface area contributed by atoms with Crippen molar-refractivity contribution in [2.75, 3.05) is 13.1 Å². The van der Waals surface area contributed by atoms with Gasteiger partial charge < -0.3 is 9.88 Å². The Hall–Kier alpha value is -1.61. The van der Waals surface area contributed by atoms with Crippen LogP contribution in [0.1, 0.15) is 36.0 Å². The van der Waals surface area contributed by atoms with Gasteiger partial charge in [0.05, 0.1) is 22.5 Å². The van der Waals surface area contributed by atoms with E-state index in [4.69, 9.17) is 23.2 Å². The van der Waals surface area contributed by atoms with Crippen LogP contribution in [-0.4, -0.2) is 46.8 Å². The maximum Gasteiger partial charge on any atom is 0.262 e. The molecule has 2 heterocycles. The zero-order chi connectivity index (χ0) is 20.8. The van der Waals surface area contributed by atoms with E-state index in [0.717, 1.165) is 25.7 Å². The van der Waals surface area contributed by atoms with Crippen LogP contribution in [0.3, 0.4) is 0 Å². The summed E-state index contributed by atoms with van der Waals surface area (Å²) in [6, 6.07) is 4.73. The van der Waals surface area contributed by atoms with E-state index in [1.807, 2.05) is 0 Å². The number of halogens is 2. The molecule has 2 fully saturated rings. The lowest BCUT2D eigenvalue weighted by Gasteiger charge is -2.39. The molecule has 2 aliphatic rings. The summed E-state index contributed by atoms with van der Waals surface area (Å²) >= 11 is 12.1. The van der Waals surface area contributed by atoms with E-state index in [-0.39, 0.29) is 28.4 Å². The molecule has 29 heavy (non-hydrogen) atoms. The largest absolute Gasteiger partial charge is 0.345 e. The molecule has 4 rings (SSSR count). The molecule has 1 N–H and O–H groups in total. The van der Waals surface area contributed by atoms with Crippen LogP contribution in [0.5, 0.6) is 0 Å². The fraction of sp³-hybridized carbons (Fsp3) is 0.474. The molecule has 1 amide bonds. The SMILES string of the molecule is Cn1cnc(S(=O)(=O)N2CC3CCCCC3(NC(=O)c3ccc(Cl)cc3Cl)C2)c1. The van der Waals surface area contributed by atoms with Crippen molar-refractivity contribution in [2.24, 2.45) is 13.0 Å². The number of imidazole rings is 1. The minimum atomic E-state index is -3.72. The lowest BCUT2D eigenvalue weighted by Crippen LogP contribution is -2.56. The van der Waals surface area contributed by atoms with Crippen molar-refractivity contribution < 1.29 is 13.2 Å². The highest BCUT2D eigenvalue weighted by Crippen LogP contribution is 2.42.